The molecule has 0 unspecified atom stereocenters. The molecule has 0 aromatic rings. The zero-order valence-corrected chi connectivity index (χ0v) is 11.6. The smallest absolute Gasteiger partial charge is 0.221 e. The molecule has 1 saturated carbocycles. The van der Waals surface area contributed by atoms with E-state index in [2.05, 4.69) is 18.3 Å². The highest BCUT2D eigenvalue weighted by molar-refractivity contribution is 5.77. The lowest BCUT2D eigenvalue weighted by atomic mass is 9.85. The standard InChI is InChI=1S/C15H26N2O/c1-2-3-7-10-14(18)17-15(13-16)11-8-5-4-6-9-12-15/h2-12H2,1H3,(H,17,18). The second-order valence-corrected chi connectivity index (χ2v) is 5.47. The number of unbranched alkanes of at least 4 members (excludes halogenated alkanes) is 2. The fourth-order valence-electron chi connectivity index (χ4n) is 2.64. The van der Waals surface area contributed by atoms with Gasteiger partial charge in [-0.25, -0.2) is 0 Å². The Morgan fingerprint density at radius 3 is 2.33 bits per heavy atom. The topological polar surface area (TPSA) is 52.9 Å². The first kappa shape index (κ1) is 15.0. The maximum Gasteiger partial charge on any atom is 0.221 e. The molecule has 0 aromatic carbocycles. The zero-order chi connectivity index (χ0) is 13.3. The second kappa shape index (κ2) is 8.13. The van der Waals surface area contributed by atoms with E-state index in [-0.39, 0.29) is 5.91 Å². The molecule has 0 spiro atoms. The highest BCUT2D eigenvalue weighted by Gasteiger charge is 2.31. The van der Waals surface area contributed by atoms with Gasteiger partial charge in [-0.15, -0.1) is 0 Å². The van der Waals surface area contributed by atoms with Crippen LogP contribution in [0.3, 0.4) is 0 Å². The highest BCUT2D eigenvalue weighted by Crippen LogP contribution is 2.26. The van der Waals surface area contributed by atoms with Gasteiger partial charge in [0.1, 0.15) is 5.54 Å². The van der Waals surface area contributed by atoms with Crippen LogP contribution in [-0.2, 0) is 4.79 Å². The van der Waals surface area contributed by atoms with Crippen molar-refractivity contribution in [2.45, 2.75) is 83.1 Å². The third-order valence-corrected chi connectivity index (χ3v) is 3.81. The van der Waals surface area contributed by atoms with Gasteiger partial charge in [0.25, 0.3) is 0 Å². The van der Waals surface area contributed by atoms with Crippen LogP contribution in [-0.4, -0.2) is 11.4 Å². The van der Waals surface area contributed by atoms with Gasteiger partial charge in [0, 0.05) is 6.42 Å². The lowest BCUT2D eigenvalue weighted by Gasteiger charge is -2.29. The quantitative estimate of drug-likeness (QED) is 0.756. The predicted molar refractivity (Wildman–Crippen MR) is 72.9 cm³/mol. The molecule has 0 bridgehead atoms. The SMILES string of the molecule is CCCCCC(=O)NC1(C#N)CCCCCCC1. The van der Waals surface area contributed by atoms with Gasteiger partial charge in [-0.2, -0.15) is 5.26 Å². The molecule has 102 valence electrons. The minimum absolute atomic E-state index is 0.0607. The zero-order valence-electron chi connectivity index (χ0n) is 11.6. The molecule has 18 heavy (non-hydrogen) atoms. The first-order valence-electron chi connectivity index (χ1n) is 7.45. The monoisotopic (exact) mass is 250 g/mol. The summed E-state index contributed by atoms with van der Waals surface area (Å²) in [4.78, 5) is 11.9. The van der Waals surface area contributed by atoms with Crippen molar-refractivity contribution in [3.63, 3.8) is 0 Å². The summed E-state index contributed by atoms with van der Waals surface area (Å²) >= 11 is 0. The van der Waals surface area contributed by atoms with Crippen molar-refractivity contribution >= 4 is 5.91 Å². The molecule has 1 fully saturated rings. The Balaban J connectivity index is 2.47. The molecule has 0 atom stereocenters. The molecule has 1 aliphatic rings. The van der Waals surface area contributed by atoms with E-state index < -0.39 is 5.54 Å². The molecule has 3 nitrogen and oxygen atoms in total. The summed E-state index contributed by atoms with van der Waals surface area (Å²) in [6.45, 7) is 2.13. The van der Waals surface area contributed by atoms with Crippen LogP contribution in [0, 0.1) is 11.3 Å². The Morgan fingerprint density at radius 2 is 1.78 bits per heavy atom. The van der Waals surface area contributed by atoms with Crippen LogP contribution in [0.2, 0.25) is 0 Å². The third-order valence-electron chi connectivity index (χ3n) is 3.81. The van der Waals surface area contributed by atoms with Crippen molar-refractivity contribution in [2.24, 2.45) is 0 Å². The van der Waals surface area contributed by atoms with Crippen molar-refractivity contribution in [3.05, 3.63) is 0 Å². The van der Waals surface area contributed by atoms with Crippen molar-refractivity contribution < 1.29 is 4.79 Å². The van der Waals surface area contributed by atoms with Crippen molar-refractivity contribution in [3.8, 4) is 6.07 Å². The average molecular weight is 250 g/mol. The van der Waals surface area contributed by atoms with Crippen molar-refractivity contribution in [1.29, 1.82) is 5.26 Å². The van der Waals surface area contributed by atoms with Crippen LogP contribution in [0.15, 0.2) is 0 Å². The summed E-state index contributed by atoms with van der Waals surface area (Å²) < 4.78 is 0. The molecule has 3 heteroatoms. The molecular weight excluding hydrogens is 224 g/mol. The number of amides is 1. The summed E-state index contributed by atoms with van der Waals surface area (Å²) in [7, 11) is 0. The summed E-state index contributed by atoms with van der Waals surface area (Å²) in [5, 5.41) is 12.4. The minimum Gasteiger partial charge on any atom is -0.338 e. The lowest BCUT2D eigenvalue weighted by molar-refractivity contribution is -0.122. The lowest BCUT2D eigenvalue weighted by Crippen LogP contribution is -2.47. The van der Waals surface area contributed by atoms with E-state index in [9.17, 15) is 10.1 Å². The van der Waals surface area contributed by atoms with E-state index in [1.54, 1.807) is 0 Å². The van der Waals surface area contributed by atoms with E-state index in [0.717, 1.165) is 44.9 Å². The van der Waals surface area contributed by atoms with Crippen molar-refractivity contribution in [1.82, 2.24) is 5.32 Å². The van der Waals surface area contributed by atoms with E-state index in [4.69, 9.17) is 0 Å². The van der Waals surface area contributed by atoms with Gasteiger partial charge >= 0.3 is 0 Å². The first-order chi connectivity index (χ1) is 8.72. The molecule has 1 aliphatic carbocycles. The van der Waals surface area contributed by atoms with Gasteiger partial charge in [-0.1, -0.05) is 51.9 Å². The average Bonchev–Trinajstić information content (AvgIpc) is 2.33. The molecule has 1 rings (SSSR count). The molecular formula is C15H26N2O. The van der Waals surface area contributed by atoms with Crippen molar-refractivity contribution in [2.75, 3.05) is 0 Å². The molecule has 0 aliphatic heterocycles. The summed E-state index contributed by atoms with van der Waals surface area (Å²) in [5.74, 6) is 0.0607. The number of carbonyl (C=O) groups is 1. The molecule has 0 heterocycles. The molecule has 0 saturated heterocycles. The minimum atomic E-state index is -0.580. The number of hydrogen-bond donors (Lipinski definition) is 1. The van der Waals surface area contributed by atoms with Gasteiger partial charge < -0.3 is 5.32 Å². The largest absolute Gasteiger partial charge is 0.338 e. The Bertz CT molecular complexity index is 285. The maximum absolute atomic E-state index is 11.9. The van der Waals surface area contributed by atoms with E-state index >= 15 is 0 Å². The van der Waals surface area contributed by atoms with Crippen LogP contribution in [0.25, 0.3) is 0 Å². The van der Waals surface area contributed by atoms with E-state index in [0.29, 0.717) is 6.42 Å². The van der Waals surface area contributed by atoms with Gasteiger partial charge in [-0.05, 0) is 19.3 Å². The normalized spacial score (nSPS) is 19.3. The highest BCUT2D eigenvalue weighted by atomic mass is 16.1. The van der Waals surface area contributed by atoms with Crippen LogP contribution >= 0.6 is 0 Å². The van der Waals surface area contributed by atoms with Crippen LogP contribution in [0.1, 0.15) is 77.6 Å². The first-order valence-corrected chi connectivity index (χ1v) is 7.45. The maximum atomic E-state index is 11.9. The number of carbonyl (C=O) groups excluding carboxylic acids is 1. The Morgan fingerprint density at radius 1 is 1.17 bits per heavy atom. The van der Waals surface area contributed by atoms with Gasteiger partial charge in [-0.3, -0.25) is 4.79 Å². The van der Waals surface area contributed by atoms with Gasteiger partial charge in [0.15, 0.2) is 0 Å². The molecule has 0 aromatic heterocycles. The van der Waals surface area contributed by atoms with Crippen LogP contribution in [0.5, 0.6) is 0 Å². The fourth-order valence-corrected chi connectivity index (χ4v) is 2.64. The summed E-state index contributed by atoms with van der Waals surface area (Å²) in [6, 6.07) is 2.37. The van der Waals surface area contributed by atoms with Gasteiger partial charge in [0.05, 0.1) is 6.07 Å². The van der Waals surface area contributed by atoms with E-state index in [1.807, 2.05) is 0 Å². The third kappa shape index (κ3) is 5.08. The molecule has 0 radical (unpaired) electrons. The molecule has 1 N–H and O–H groups in total. The Labute approximate surface area is 111 Å². The second-order valence-electron chi connectivity index (χ2n) is 5.47. The number of nitrogens with zero attached hydrogens (tertiary/aromatic N) is 1. The number of hydrogen-bond acceptors (Lipinski definition) is 2. The molecule has 1 amide bonds. The summed E-state index contributed by atoms with van der Waals surface area (Å²) in [6.07, 6.45) is 11.1. The number of nitrogens with one attached hydrogen (secondary N) is 1. The number of rotatable bonds is 5. The fraction of sp³-hybridized carbons (Fsp3) is 0.867. The van der Waals surface area contributed by atoms with Crippen LogP contribution in [0.4, 0.5) is 0 Å². The van der Waals surface area contributed by atoms with E-state index in [1.165, 1.54) is 19.3 Å². The predicted octanol–water partition coefficient (Wildman–Crippen LogP) is 3.69. The Hall–Kier alpha value is -1.04. The number of nitriles is 1. The summed E-state index contributed by atoms with van der Waals surface area (Å²) in [5.41, 5.74) is -0.580. The van der Waals surface area contributed by atoms with Crippen LogP contribution < -0.4 is 5.32 Å². The Kier molecular flexibility index (Phi) is 6.78. The van der Waals surface area contributed by atoms with Gasteiger partial charge in [0.2, 0.25) is 5.91 Å².